The van der Waals surface area contributed by atoms with Crippen molar-refractivity contribution in [1.29, 1.82) is 0 Å². The van der Waals surface area contributed by atoms with Gasteiger partial charge in [-0.2, -0.15) is 0 Å². The summed E-state index contributed by atoms with van der Waals surface area (Å²) < 4.78 is 25.2. The number of ether oxygens (including phenoxy) is 4. The van der Waals surface area contributed by atoms with E-state index in [0.717, 1.165) is 76.0 Å². The Kier molecular flexibility index (Phi) is 9.10. The molecule has 0 amide bonds. The molecule has 6 bridgehead atoms. The molecule has 2 N–H and O–H groups in total. The highest BCUT2D eigenvalue weighted by Gasteiger charge is 2.53. The molecule has 7 fully saturated rings. The average Bonchev–Trinajstić information content (AvgIpc) is 2.97. The minimum absolute atomic E-state index is 0.0619. The maximum absolute atomic E-state index is 13.8. The molecule has 10 atom stereocenters. The number of hydrogen-bond acceptors (Lipinski definition) is 8. The minimum Gasteiger partial charge on any atom is -0.465 e. The van der Waals surface area contributed by atoms with Crippen molar-refractivity contribution in [1.82, 2.24) is 0 Å². The molecule has 6 aliphatic carbocycles. The first kappa shape index (κ1) is 32.3. The molecule has 8 nitrogen and oxygen atoms in total. The first-order valence-electron chi connectivity index (χ1n) is 18.5. The molecule has 9 unspecified atom stereocenters. The first-order valence-corrected chi connectivity index (χ1v) is 18.5. The molecule has 0 radical (unpaired) electrons. The van der Waals surface area contributed by atoms with Crippen LogP contribution in [0.5, 0.6) is 0 Å². The van der Waals surface area contributed by atoms with Gasteiger partial charge in [0.2, 0.25) is 0 Å². The SMILES string of the molecule is CC1CC2C[C@@H](C(=O)OCC3(COC(=O)C45CC(C)CC(CC(O)C4)C5)COC(C4CC5CCCC(C5)C4)OC3)CC(O)(C1)C2. The molecule has 0 aromatic heterocycles. The van der Waals surface area contributed by atoms with Crippen LogP contribution >= 0.6 is 0 Å². The van der Waals surface area contributed by atoms with E-state index in [9.17, 15) is 19.8 Å². The number of aliphatic hydroxyl groups is 2. The minimum atomic E-state index is -0.786. The van der Waals surface area contributed by atoms with Gasteiger partial charge >= 0.3 is 11.9 Å². The second-order valence-corrected chi connectivity index (χ2v) is 17.8. The van der Waals surface area contributed by atoms with Crippen LogP contribution < -0.4 is 0 Å². The van der Waals surface area contributed by atoms with E-state index in [1.54, 1.807) is 0 Å². The average molecular weight is 631 g/mol. The molecule has 0 spiro atoms. The number of carbonyl (C=O) groups excluding carboxylic acids is 2. The third-order valence-corrected chi connectivity index (χ3v) is 13.2. The lowest BCUT2D eigenvalue weighted by molar-refractivity contribution is -0.272. The van der Waals surface area contributed by atoms with E-state index < -0.39 is 22.5 Å². The third kappa shape index (κ3) is 7.00. The maximum Gasteiger partial charge on any atom is 0.312 e. The predicted molar refractivity (Wildman–Crippen MR) is 167 cm³/mol. The van der Waals surface area contributed by atoms with Crippen LogP contribution in [0.15, 0.2) is 0 Å². The van der Waals surface area contributed by atoms with Crippen LogP contribution in [-0.2, 0) is 28.5 Å². The Morgan fingerprint density at radius 1 is 0.733 bits per heavy atom. The molecule has 0 aromatic rings. The number of carbonyl (C=O) groups is 2. The first-order chi connectivity index (χ1) is 21.5. The topological polar surface area (TPSA) is 112 Å². The van der Waals surface area contributed by atoms with E-state index in [-0.39, 0.29) is 37.4 Å². The van der Waals surface area contributed by atoms with Crippen molar-refractivity contribution in [3.63, 3.8) is 0 Å². The smallest absolute Gasteiger partial charge is 0.312 e. The Hall–Kier alpha value is -1.22. The molecule has 0 aromatic carbocycles. The molecule has 7 aliphatic rings. The van der Waals surface area contributed by atoms with E-state index in [1.807, 2.05) is 0 Å². The summed E-state index contributed by atoms with van der Waals surface area (Å²) in [5, 5.41) is 21.9. The molecule has 45 heavy (non-hydrogen) atoms. The summed E-state index contributed by atoms with van der Waals surface area (Å²) in [6.45, 7) is 5.14. The zero-order valence-corrected chi connectivity index (χ0v) is 27.8. The van der Waals surface area contributed by atoms with Gasteiger partial charge in [0.25, 0.3) is 0 Å². The summed E-state index contributed by atoms with van der Waals surface area (Å²) in [5.41, 5.74) is -2.21. The highest BCUT2D eigenvalue weighted by molar-refractivity contribution is 5.77. The maximum atomic E-state index is 13.8. The van der Waals surface area contributed by atoms with Gasteiger partial charge in [-0.3, -0.25) is 9.59 Å². The normalized spacial score (nSPS) is 49.5. The molecule has 8 heteroatoms. The fourth-order valence-electron chi connectivity index (χ4n) is 11.8. The third-order valence-electron chi connectivity index (χ3n) is 13.2. The van der Waals surface area contributed by atoms with Crippen molar-refractivity contribution in [2.75, 3.05) is 26.4 Å². The molecule has 1 aliphatic heterocycles. The summed E-state index contributed by atoms with van der Waals surface area (Å²) in [6.07, 6.45) is 14.4. The van der Waals surface area contributed by atoms with Gasteiger partial charge in [-0.1, -0.05) is 33.1 Å². The second-order valence-electron chi connectivity index (χ2n) is 17.8. The zero-order valence-electron chi connectivity index (χ0n) is 27.8. The monoisotopic (exact) mass is 630 g/mol. The van der Waals surface area contributed by atoms with Crippen molar-refractivity contribution >= 4 is 11.9 Å². The van der Waals surface area contributed by atoms with Crippen LogP contribution in [0.3, 0.4) is 0 Å². The van der Waals surface area contributed by atoms with Crippen LogP contribution in [-0.4, -0.2) is 66.6 Å². The van der Waals surface area contributed by atoms with Crippen molar-refractivity contribution in [2.24, 2.45) is 58.2 Å². The predicted octanol–water partition coefficient (Wildman–Crippen LogP) is 5.80. The summed E-state index contributed by atoms with van der Waals surface area (Å²) in [4.78, 5) is 27.3. The standard InChI is InChI=1S/C37H58O8/c1-23-6-28-12-31(38)18-36(13-23,15-28)34(40)45-22-35(19-42-32(39)30-11-27-7-24(2)14-37(41,16-27)17-30)20-43-33(44-21-35)29-9-25-4-3-5-26(8-25)10-29/h23-31,33,38,41H,3-22H2,1-2H3/t23?,24?,25?,26?,27?,28?,29?,30-,31?,33?,35?,36?,37?/m1/s1. The Morgan fingerprint density at radius 2 is 1.40 bits per heavy atom. The number of rotatable bonds is 7. The van der Waals surface area contributed by atoms with Crippen LogP contribution in [0.2, 0.25) is 0 Å². The molecular weight excluding hydrogens is 572 g/mol. The van der Waals surface area contributed by atoms with Gasteiger partial charge < -0.3 is 29.2 Å². The Balaban J connectivity index is 1.02. The van der Waals surface area contributed by atoms with E-state index in [2.05, 4.69) is 13.8 Å². The van der Waals surface area contributed by atoms with Crippen LogP contribution in [0.1, 0.15) is 117 Å². The second kappa shape index (κ2) is 12.7. The quantitative estimate of drug-likeness (QED) is 0.340. The van der Waals surface area contributed by atoms with Gasteiger partial charge in [0, 0.05) is 5.92 Å². The lowest BCUT2D eigenvalue weighted by Gasteiger charge is -2.48. The van der Waals surface area contributed by atoms with E-state index in [1.165, 1.54) is 25.7 Å². The van der Waals surface area contributed by atoms with Crippen LogP contribution in [0.25, 0.3) is 0 Å². The molecule has 1 heterocycles. The zero-order chi connectivity index (χ0) is 31.4. The number of esters is 2. The Labute approximate surface area is 269 Å². The van der Waals surface area contributed by atoms with Crippen LogP contribution in [0.4, 0.5) is 0 Å². The molecule has 1 saturated heterocycles. The highest BCUT2D eigenvalue weighted by Crippen LogP contribution is 2.52. The lowest BCUT2D eigenvalue weighted by atomic mass is 9.58. The van der Waals surface area contributed by atoms with Crippen molar-refractivity contribution in [2.45, 2.75) is 135 Å². The molecule has 254 valence electrons. The number of fused-ring (bicyclic) bond motifs is 6. The van der Waals surface area contributed by atoms with Gasteiger partial charge in [-0.15, -0.1) is 0 Å². The Morgan fingerprint density at radius 3 is 2.11 bits per heavy atom. The van der Waals surface area contributed by atoms with Crippen molar-refractivity contribution in [3.8, 4) is 0 Å². The highest BCUT2D eigenvalue weighted by atomic mass is 16.7. The number of hydrogen-bond donors (Lipinski definition) is 2. The van der Waals surface area contributed by atoms with Crippen molar-refractivity contribution < 1.29 is 38.7 Å². The van der Waals surface area contributed by atoms with Gasteiger partial charge in [-0.25, -0.2) is 0 Å². The lowest BCUT2D eigenvalue weighted by Crippen LogP contribution is -2.53. The Bertz CT molecular complexity index is 1050. The van der Waals surface area contributed by atoms with Crippen molar-refractivity contribution in [3.05, 3.63) is 0 Å². The van der Waals surface area contributed by atoms with Crippen LogP contribution in [0, 0.1) is 58.2 Å². The fourth-order valence-corrected chi connectivity index (χ4v) is 11.8. The number of aliphatic hydroxyl groups excluding tert-OH is 1. The van der Waals surface area contributed by atoms with E-state index in [4.69, 9.17) is 18.9 Å². The van der Waals surface area contributed by atoms with Gasteiger partial charge in [0.15, 0.2) is 6.29 Å². The van der Waals surface area contributed by atoms with Gasteiger partial charge in [-0.05, 0) is 119 Å². The summed E-state index contributed by atoms with van der Waals surface area (Å²) in [6, 6.07) is 0. The summed E-state index contributed by atoms with van der Waals surface area (Å²) in [7, 11) is 0. The van der Waals surface area contributed by atoms with E-state index in [0.29, 0.717) is 55.6 Å². The van der Waals surface area contributed by atoms with Gasteiger partial charge in [0.05, 0.1) is 41.7 Å². The van der Waals surface area contributed by atoms with Gasteiger partial charge in [0.1, 0.15) is 13.2 Å². The summed E-state index contributed by atoms with van der Waals surface area (Å²) in [5.74, 6) is 2.70. The van der Waals surface area contributed by atoms with E-state index >= 15 is 0 Å². The summed E-state index contributed by atoms with van der Waals surface area (Å²) >= 11 is 0. The molecule has 6 saturated carbocycles. The molecular formula is C37H58O8. The fraction of sp³-hybridized carbons (Fsp3) is 0.946. The largest absolute Gasteiger partial charge is 0.465 e. The molecule has 7 rings (SSSR count).